The first-order valence-electron chi connectivity index (χ1n) is 8.48. The molecule has 2 aromatic heterocycles. The summed E-state index contributed by atoms with van der Waals surface area (Å²) in [5.41, 5.74) is 1.70. The van der Waals surface area contributed by atoms with Gasteiger partial charge in [0.15, 0.2) is 0 Å². The fourth-order valence-electron chi connectivity index (χ4n) is 3.65. The second-order valence-corrected chi connectivity index (χ2v) is 6.75. The van der Waals surface area contributed by atoms with E-state index in [1.54, 1.807) is 10.5 Å². The second kappa shape index (κ2) is 6.79. The molecule has 0 aromatic carbocycles. The predicted octanol–water partition coefficient (Wildman–Crippen LogP) is 2.63. The number of fused-ring (bicyclic) bond motifs is 1. The lowest BCUT2D eigenvalue weighted by Crippen LogP contribution is -2.43. The molecule has 1 aliphatic rings. The van der Waals surface area contributed by atoms with Gasteiger partial charge in [0.1, 0.15) is 5.65 Å². The topological polar surface area (TPSA) is 101 Å². The van der Waals surface area contributed by atoms with E-state index in [1.807, 2.05) is 0 Å². The van der Waals surface area contributed by atoms with E-state index < -0.39 is 10.9 Å². The van der Waals surface area contributed by atoms with Crippen molar-refractivity contribution < 1.29 is 14.8 Å². The van der Waals surface area contributed by atoms with Gasteiger partial charge in [-0.05, 0) is 32.8 Å². The first-order chi connectivity index (χ1) is 11.9. The highest BCUT2D eigenvalue weighted by molar-refractivity contribution is 5.70. The van der Waals surface area contributed by atoms with Crippen LogP contribution in [0.25, 0.3) is 5.65 Å². The summed E-state index contributed by atoms with van der Waals surface area (Å²) in [6.45, 7) is 4.86. The number of pyridine rings is 1. The molecule has 2 aromatic rings. The van der Waals surface area contributed by atoms with Crippen LogP contribution < -0.4 is 0 Å². The Hall–Kier alpha value is -2.48. The monoisotopic (exact) mass is 346 g/mol. The lowest BCUT2D eigenvalue weighted by Gasteiger charge is -2.39. The number of aliphatic carboxylic acids is 1. The molecule has 1 aliphatic heterocycles. The van der Waals surface area contributed by atoms with E-state index in [4.69, 9.17) is 0 Å². The van der Waals surface area contributed by atoms with Crippen LogP contribution in [0.5, 0.6) is 0 Å². The average Bonchev–Trinajstić information content (AvgIpc) is 2.86. The number of carboxylic acids is 1. The third kappa shape index (κ3) is 3.48. The molecule has 0 aliphatic carbocycles. The van der Waals surface area contributed by atoms with Crippen molar-refractivity contribution in [1.82, 2.24) is 14.3 Å². The van der Waals surface area contributed by atoms with E-state index in [2.05, 4.69) is 23.7 Å². The molecular formula is C17H22N4O4. The average molecular weight is 346 g/mol. The van der Waals surface area contributed by atoms with Crippen LogP contribution in [0.3, 0.4) is 0 Å². The summed E-state index contributed by atoms with van der Waals surface area (Å²) in [4.78, 5) is 28.6. The number of rotatable bonds is 5. The third-order valence-corrected chi connectivity index (χ3v) is 5.02. The molecule has 1 N–H and O–H groups in total. The molecule has 3 heterocycles. The quantitative estimate of drug-likeness (QED) is 0.660. The third-order valence-electron chi connectivity index (χ3n) is 5.02. The Morgan fingerprint density at radius 2 is 2.04 bits per heavy atom. The van der Waals surface area contributed by atoms with Crippen molar-refractivity contribution in [2.75, 3.05) is 0 Å². The summed E-state index contributed by atoms with van der Waals surface area (Å²) >= 11 is 0. The number of nitro groups is 1. The summed E-state index contributed by atoms with van der Waals surface area (Å²) in [7, 11) is 0. The summed E-state index contributed by atoms with van der Waals surface area (Å²) in [5.74, 6) is -0.959. The van der Waals surface area contributed by atoms with Gasteiger partial charge in [0.25, 0.3) is 5.69 Å². The Morgan fingerprint density at radius 1 is 1.36 bits per heavy atom. The van der Waals surface area contributed by atoms with Gasteiger partial charge in [-0.1, -0.05) is 6.42 Å². The Bertz CT molecular complexity index is 806. The maximum atomic E-state index is 11.2. The maximum absolute atomic E-state index is 11.2. The highest BCUT2D eigenvalue weighted by Gasteiger charge is 2.27. The van der Waals surface area contributed by atoms with Gasteiger partial charge < -0.3 is 5.11 Å². The van der Waals surface area contributed by atoms with Gasteiger partial charge >= 0.3 is 5.97 Å². The molecule has 1 fully saturated rings. The lowest BCUT2D eigenvalue weighted by molar-refractivity contribution is -0.385. The molecule has 8 heteroatoms. The minimum Gasteiger partial charge on any atom is -0.481 e. The fourth-order valence-corrected chi connectivity index (χ4v) is 3.65. The Balaban J connectivity index is 2.06. The summed E-state index contributed by atoms with van der Waals surface area (Å²) in [5, 5.41) is 20.3. The van der Waals surface area contributed by atoms with Gasteiger partial charge in [-0.3, -0.25) is 24.2 Å². The van der Waals surface area contributed by atoms with Gasteiger partial charge in [0.2, 0.25) is 0 Å². The van der Waals surface area contributed by atoms with E-state index in [-0.39, 0.29) is 12.1 Å². The normalized spacial score (nSPS) is 21.5. The van der Waals surface area contributed by atoms with Crippen LogP contribution in [-0.2, 0) is 17.8 Å². The smallest absolute Gasteiger partial charge is 0.309 e. The molecule has 0 amide bonds. The van der Waals surface area contributed by atoms with Crippen LogP contribution in [0, 0.1) is 10.1 Å². The molecule has 8 nitrogen and oxygen atoms in total. The molecule has 0 saturated carbocycles. The van der Waals surface area contributed by atoms with Crippen LogP contribution in [0.15, 0.2) is 18.3 Å². The number of hydrogen-bond acceptors (Lipinski definition) is 5. The first kappa shape index (κ1) is 17.3. The molecule has 25 heavy (non-hydrogen) atoms. The summed E-state index contributed by atoms with van der Waals surface area (Å²) in [6.07, 6.45) is 4.61. The van der Waals surface area contributed by atoms with Gasteiger partial charge in [-0.15, -0.1) is 0 Å². The standard InChI is InChI=1S/C17H22N4O4/c1-11-4-3-5-12(2)19(11)10-15-14(8-17(22)23)18-16-7-6-13(21(24)25)9-20(15)16/h6-7,9,11-12H,3-5,8,10H2,1-2H3,(H,22,23). The molecule has 134 valence electrons. The highest BCUT2D eigenvalue weighted by atomic mass is 16.6. The van der Waals surface area contributed by atoms with Crippen molar-refractivity contribution in [3.05, 3.63) is 39.8 Å². The van der Waals surface area contributed by atoms with Crippen molar-refractivity contribution in [1.29, 1.82) is 0 Å². The van der Waals surface area contributed by atoms with Gasteiger partial charge in [0, 0.05) is 24.7 Å². The van der Waals surface area contributed by atoms with E-state index in [1.165, 1.54) is 18.7 Å². The number of carbonyl (C=O) groups is 1. The summed E-state index contributed by atoms with van der Waals surface area (Å²) in [6, 6.07) is 3.72. The number of piperidine rings is 1. The number of nitrogens with zero attached hydrogens (tertiary/aromatic N) is 4. The van der Waals surface area contributed by atoms with Crippen molar-refractivity contribution in [2.24, 2.45) is 0 Å². The maximum Gasteiger partial charge on any atom is 0.309 e. The largest absolute Gasteiger partial charge is 0.481 e. The van der Waals surface area contributed by atoms with Crippen molar-refractivity contribution in [2.45, 2.75) is 58.2 Å². The van der Waals surface area contributed by atoms with E-state index in [0.29, 0.717) is 30.0 Å². The zero-order valence-corrected chi connectivity index (χ0v) is 14.4. The fraction of sp³-hybridized carbons (Fsp3) is 0.529. The number of imidazole rings is 1. The van der Waals surface area contributed by atoms with Crippen LogP contribution in [0.4, 0.5) is 5.69 Å². The lowest BCUT2D eigenvalue weighted by atomic mass is 9.97. The van der Waals surface area contributed by atoms with E-state index >= 15 is 0 Å². The summed E-state index contributed by atoms with van der Waals surface area (Å²) < 4.78 is 1.67. The van der Waals surface area contributed by atoms with Crippen molar-refractivity contribution in [3.8, 4) is 0 Å². The molecule has 3 rings (SSSR count). The van der Waals surface area contributed by atoms with E-state index in [9.17, 15) is 20.0 Å². The zero-order valence-electron chi connectivity index (χ0n) is 14.4. The van der Waals surface area contributed by atoms with Crippen LogP contribution in [0.2, 0.25) is 0 Å². The molecule has 0 spiro atoms. The van der Waals surface area contributed by atoms with Crippen LogP contribution in [-0.4, -0.2) is 42.4 Å². The van der Waals surface area contributed by atoms with Gasteiger partial charge in [-0.2, -0.15) is 0 Å². The van der Waals surface area contributed by atoms with Crippen LogP contribution in [0.1, 0.15) is 44.5 Å². The predicted molar refractivity (Wildman–Crippen MR) is 91.5 cm³/mol. The first-order valence-corrected chi connectivity index (χ1v) is 8.48. The number of aromatic nitrogens is 2. The number of likely N-dealkylation sites (tertiary alicyclic amines) is 1. The minimum atomic E-state index is -0.959. The number of hydrogen-bond donors (Lipinski definition) is 1. The molecule has 2 atom stereocenters. The van der Waals surface area contributed by atoms with Gasteiger partial charge in [0.05, 0.1) is 28.9 Å². The molecule has 0 radical (unpaired) electrons. The van der Waals surface area contributed by atoms with E-state index in [0.717, 1.165) is 18.5 Å². The Morgan fingerprint density at radius 3 is 2.64 bits per heavy atom. The second-order valence-electron chi connectivity index (χ2n) is 6.75. The molecular weight excluding hydrogens is 324 g/mol. The van der Waals surface area contributed by atoms with Crippen molar-refractivity contribution in [3.63, 3.8) is 0 Å². The Kier molecular flexibility index (Phi) is 4.71. The minimum absolute atomic E-state index is 0.0345. The molecule has 2 unspecified atom stereocenters. The number of carboxylic acid groups (broad SMARTS) is 1. The molecule has 0 bridgehead atoms. The molecule has 1 saturated heterocycles. The van der Waals surface area contributed by atoms with Gasteiger partial charge in [-0.25, -0.2) is 4.98 Å². The Labute approximate surface area is 145 Å². The van der Waals surface area contributed by atoms with Crippen molar-refractivity contribution >= 4 is 17.3 Å². The van der Waals surface area contributed by atoms with Crippen LogP contribution >= 0.6 is 0 Å². The SMILES string of the molecule is CC1CCCC(C)N1Cc1c(CC(=O)O)nc2ccc([N+](=O)[O-])cn12. The highest BCUT2D eigenvalue weighted by Crippen LogP contribution is 2.27. The zero-order chi connectivity index (χ0) is 18.1.